The predicted molar refractivity (Wildman–Crippen MR) is 206 cm³/mol. The second kappa shape index (κ2) is 15.4. The maximum atomic E-state index is 13.1. The number of para-hydroxylation sites is 2. The number of hydrogen-bond acceptors (Lipinski definition) is 5. The highest BCUT2D eigenvalue weighted by molar-refractivity contribution is 8.00. The summed E-state index contributed by atoms with van der Waals surface area (Å²) in [4.78, 5) is 22.6. The molecule has 0 unspecified atom stereocenters. The lowest BCUT2D eigenvalue weighted by molar-refractivity contribution is -0.111. The number of carbonyl (C=O) groups excluding carboxylic acids is 1. The summed E-state index contributed by atoms with van der Waals surface area (Å²) in [6.07, 6.45) is 13.7. The minimum atomic E-state index is 0. The minimum Gasteiger partial charge on any atom is -0.343 e. The summed E-state index contributed by atoms with van der Waals surface area (Å²) in [6, 6.07) is 30.1. The zero-order valence-electron chi connectivity index (χ0n) is 23.6. The fourth-order valence-corrected chi connectivity index (χ4v) is 8.09. The highest BCUT2D eigenvalue weighted by Crippen LogP contribution is 2.48. The fraction of sp³-hybridized carbons (Fsp3) is 0.195. The first-order chi connectivity index (χ1) is 20.5. The molecule has 0 radical (unpaired) electrons. The number of benzene rings is 4. The van der Waals surface area contributed by atoms with Gasteiger partial charge in [0.15, 0.2) is 5.78 Å². The van der Waals surface area contributed by atoms with Crippen molar-refractivity contribution in [3.05, 3.63) is 132 Å². The molecule has 0 bridgehead atoms. The van der Waals surface area contributed by atoms with E-state index in [1.54, 1.807) is 0 Å². The van der Waals surface area contributed by atoms with E-state index in [9.17, 15) is 4.79 Å². The second-order valence-corrected chi connectivity index (χ2v) is 12.8. The van der Waals surface area contributed by atoms with E-state index in [2.05, 4.69) is 121 Å². The van der Waals surface area contributed by atoms with Crippen LogP contribution in [0.3, 0.4) is 0 Å². The van der Waals surface area contributed by atoms with Crippen molar-refractivity contribution < 1.29 is 4.79 Å². The number of rotatable bonds is 4. The first-order valence-corrected chi connectivity index (χ1v) is 15.8. The van der Waals surface area contributed by atoms with Gasteiger partial charge in [-0.25, -0.2) is 0 Å². The Labute approximate surface area is 285 Å². The highest BCUT2D eigenvalue weighted by Gasteiger charge is 2.23. The van der Waals surface area contributed by atoms with Crippen molar-refractivity contribution in [2.75, 3.05) is 23.9 Å². The molecule has 1 aliphatic carbocycles. The first-order valence-electron chi connectivity index (χ1n) is 14.1. The van der Waals surface area contributed by atoms with Crippen LogP contribution in [0.4, 0.5) is 22.7 Å². The Morgan fingerprint density at radius 2 is 0.935 bits per heavy atom. The Hall–Kier alpha value is -4.19. The molecule has 0 aromatic heterocycles. The van der Waals surface area contributed by atoms with Crippen LogP contribution in [0, 0.1) is 0 Å². The van der Waals surface area contributed by atoms with Gasteiger partial charge in [-0.05, 0) is 72.5 Å². The zero-order chi connectivity index (χ0) is 28.6. The number of fused-ring (bicyclic) bond motifs is 4. The van der Waals surface area contributed by atoms with Gasteiger partial charge >= 0.3 is 0 Å². The number of anilines is 4. The molecule has 1 fully saturated rings. The lowest BCUT2D eigenvalue weighted by Crippen LogP contribution is -2.14. The van der Waals surface area contributed by atoms with Crippen LogP contribution in [0.2, 0.25) is 0 Å². The van der Waals surface area contributed by atoms with Gasteiger partial charge in [0.2, 0.25) is 0 Å². The maximum absolute atomic E-state index is 13.1. The van der Waals surface area contributed by atoms with Gasteiger partial charge in [-0.1, -0.05) is 126 Å². The van der Waals surface area contributed by atoms with Crippen molar-refractivity contribution >= 4 is 64.2 Å². The van der Waals surface area contributed by atoms with Gasteiger partial charge in [-0.3, -0.25) is 4.79 Å². The van der Waals surface area contributed by atoms with Crippen LogP contribution in [-0.4, -0.2) is 19.9 Å². The molecular weight excluding hydrogens is 601 g/mol. The maximum Gasteiger partial charge on any atom is 0.185 e. The van der Waals surface area contributed by atoms with E-state index >= 15 is 0 Å². The van der Waals surface area contributed by atoms with Crippen LogP contribution < -0.4 is 9.80 Å². The van der Waals surface area contributed by atoms with Crippen LogP contribution in [0.5, 0.6) is 0 Å². The molecule has 46 heavy (non-hydrogen) atoms. The minimum absolute atomic E-state index is 0. The highest BCUT2D eigenvalue weighted by atomic mass is 32.2. The van der Waals surface area contributed by atoms with Crippen LogP contribution >= 0.6 is 23.5 Å². The summed E-state index contributed by atoms with van der Waals surface area (Å²) >= 11 is 3.62. The Bertz CT molecular complexity index is 1720. The number of carbonyl (C=O) groups is 1. The van der Waals surface area contributed by atoms with Gasteiger partial charge in [0.25, 0.3) is 0 Å². The molecule has 4 aromatic rings. The zero-order valence-corrected chi connectivity index (χ0v) is 25.2. The molecule has 0 amide bonds. The lowest BCUT2D eigenvalue weighted by Gasteiger charge is -2.29. The second-order valence-electron chi connectivity index (χ2n) is 10.6. The molecule has 0 atom stereocenters. The average molecular weight is 647 g/mol. The van der Waals surface area contributed by atoms with Crippen molar-refractivity contribution in [1.82, 2.24) is 0 Å². The largest absolute Gasteiger partial charge is 0.343 e. The summed E-state index contributed by atoms with van der Waals surface area (Å²) in [5.74, 6) is 0.155. The van der Waals surface area contributed by atoms with E-state index in [-0.39, 0.29) is 35.5 Å². The monoisotopic (exact) mass is 646 g/mol. The molecule has 0 saturated heterocycles. The molecule has 1 saturated carbocycles. The molecule has 3 aliphatic rings. The van der Waals surface area contributed by atoms with Crippen molar-refractivity contribution in [3.63, 3.8) is 0 Å². The Kier molecular flexibility index (Phi) is 12.1. The molecule has 2 aliphatic heterocycles. The van der Waals surface area contributed by atoms with Crippen molar-refractivity contribution in [2.24, 2.45) is 0 Å². The van der Waals surface area contributed by atoms with E-state index < -0.39 is 0 Å². The van der Waals surface area contributed by atoms with Crippen LogP contribution in [0.25, 0.3) is 12.2 Å². The molecule has 2 heterocycles. The summed E-state index contributed by atoms with van der Waals surface area (Å²) in [6.45, 7) is 0. The van der Waals surface area contributed by atoms with Crippen molar-refractivity contribution in [1.29, 1.82) is 0 Å². The molecule has 3 nitrogen and oxygen atoms in total. The van der Waals surface area contributed by atoms with E-state index in [4.69, 9.17) is 0 Å². The molecular formula is C41H46N2OS2. The fourth-order valence-electron chi connectivity index (χ4n) is 5.70. The van der Waals surface area contributed by atoms with Gasteiger partial charge < -0.3 is 9.80 Å². The van der Waals surface area contributed by atoms with E-state index in [0.717, 1.165) is 35.1 Å². The molecule has 0 spiro atoms. The van der Waals surface area contributed by atoms with Gasteiger partial charge in [0.05, 0.1) is 22.7 Å². The third kappa shape index (κ3) is 6.96. The normalized spacial score (nSPS) is 16.2. The standard InChI is InChI=1S/C37H30N2OS2.4CH4/c1-38-29-13-3-5-15-33(29)41-35-23-25(17-21-31(35)38)9-7-11-27-19-20-28(37(27)40)12-8-10-26-18-22-32-36(24-26)42-34-16-6-4-14-30(34)39(32)2;;;;/h3-18,21-24H,19-20H2,1-2H3;4*1H4. The summed E-state index contributed by atoms with van der Waals surface area (Å²) < 4.78 is 0. The van der Waals surface area contributed by atoms with E-state index in [0.29, 0.717) is 0 Å². The van der Waals surface area contributed by atoms with Crippen LogP contribution in [0.1, 0.15) is 53.7 Å². The first kappa shape index (κ1) is 36.3. The molecule has 238 valence electrons. The number of ketones is 1. The summed E-state index contributed by atoms with van der Waals surface area (Å²) in [5.41, 5.74) is 8.92. The van der Waals surface area contributed by atoms with Gasteiger partial charge in [-0.15, -0.1) is 0 Å². The Morgan fingerprint density at radius 3 is 1.37 bits per heavy atom. The van der Waals surface area contributed by atoms with E-state index in [1.807, 2.05) is 47.8 Å². The van der Waals surface area contributed by atoms with Gasteiger partial charge in [0.1, 0.15) is 0 Å². The quantitative estimate of drug-likeness (QED) is 0.205. The van der Waals surface area contributed by atoms with Gasteiger partial charge in [-0.2, -0.15) is 0 Å². The SMILES string of the molecule is C.C.C.C.CN1c2ccccc2Sc2cc(C=CC=C3CCC(=CC=Cc4ccc5c(c4)Sc4ccccc4N5C)C3=O)ccc21. The van der Waals surface area contributed by atoms with E-state index in [1.165, 1.54) is 42.3 Å². The Balaban J connectivity index is 0.00000144. The van der Waals surface area contributed by atoms with Crippen molar-refractivity contribution in [3.8, 4) is 0 Å². The molecule has 7 rings (SSSR count). The third-order valence-corrected chi connectivity index (χ3v) is 10.2. The topological polar surface area (TPSA) is 23.6 Å². The molecule has 0 N–H and O–H groups in total. The smallest absolute Gasteiger partial charge is 0.185 e. The van der Waals surface area contributed by atoms with Crippen LogP contribution in [-0.2, 0) is 4.79 Å². The number of Topliss-reactive ketones (excluding diaryl/α,β-unsaturated/α-hetero) is 1. The number of allylic oxidation sites excluding steroid dienone is 6. The van der Waals surface area contributed by atoms with Crippen molar-refractivity contribution in [2.45, 2.75) is 62.1 Å². The summed E-state index contributed by atoms with van der Waals surface area (Å²) in [7, 11) is 4.24. The van der Waals surface area contributed by atoms with Crippen LogP contribution in [0.15, 0.2) is 140 Å². The lowest BCUT2D eigenvalue weighted by atomic mass is 10.1. The third-order valence-electron chi connectivity index (χ3n) is 8.00. The average Bonchev–Trinajstić information content (AvgIpc) is 3.36. The number of hydrogen-bond donors (Lipinski definition) is 0. The predicted octanol–water partition coefficient (Wildman–Crippen LogP) is 12.6. The van der Waals surface area contributed by atoms with Gasteiger partial charge in [0, 0.05) is 44.8 Å². The molecule has 4 aromatic carbocycles. The summed E-state index contributed by atoms with van der Waals surface area (Å²) in [5, 5.41) is 0. The molecule has 5 heteroatoms. The Morgan fingerprint density at radius 1 is 0.543 bits per heavy atom. The number of nitrogens with zero attached hydrogens (tertiary/aromatic N) is 2.